The summed E-state index contributed by atoms with van der Waals surface area (Å²) in [4.78, 5) is 13.1. The Morgan fingerprint density at radius 3 is 2.62 bits per heavy atom. The maximum Gasteiger partial charge on any atom is 0.234 e. The molecular formula is C10H10FNO. The lowest BCUT2D eigenvalue weighted by atomic mass is 10.1. The van der Waals surface area contributed by atoms with Gasteiger partial charge in [0.15, 0.2) is 0 Å². The van der Waals surface area contributed by atoms with Crippen molar-refractivity contribution >= 4 is 6.08 Å². The summed E-state index contributed by atoms with van der Waals surface area (Å²) in [5.74, 6) is -0.227. The monoisotopic (exact) mass is 179 g/mol. The number of isocyanates is 1. The minimum absolute atomic E-state index is 0.227. The summed E-state index contributed by atoms with van der Waals surface area (Å²) in [6, 6.07) is 6.33. The molecule has 13 heavy (non-hydrogen) atoms. The van der Waals surface area contributed by atoms with Crippen LogP contribution in [0, 0.1) is 5.82 Å². The van der Waals surface area contributed by atoms with E-state index in [1.54, 1.807) is 12.1 Å². The van der Waals surface area contributed by atoms with Gasteiger partial charge in [-0.05, 0) is 30.5 Å². The third-order valence-electron chi connectivity index (χ3n) is 1.71. The molecule has 0 bridgehead atoms. The Morgan fingerprint density at radius 1 is 1.31 bits per heavy atom. The van der Waals surface area contributed by atoms with Gasteiger partial charge in [-0.3, -0.25) is 0 Å². The molecule has 0 aliphatic carbocycles. The van der Waals surface area contributed by atoms with Crippen molar-refractivity contribution in [1.82, 2.24) is 0 Å². The number of nitrogens with zero attached hydrogens (tertiary/aromatic N) is 1. The van der Waals surface area contributed by atoms with Gasteiger partial charge in [0.25, 0.3) is 0 Å². The van der Waals surface area contributed by atoms with Crippen molar-refractivity contribution in [2.24, 2.45) is 4.99 Å². The predicted molar refractivity (Wildman–Crippen MR) is 47.7 cm³/mol. The minimum atomic E-state index is -0.227. The van der Waals surface area contributed by atoms with Crippen molar-refractivity contribution in [3.8, 4) is 0 Å². The average Bonchev–Trinajstić information content (AvgIpc) is 2.15. The Hall–Kier alpha value is -1.47. The second-order valence-electron chi connectivity index (χ2n) is 2.70. The fraction of sp³-hybridized carbons (Fsp3) is 0.300. The highest BCUT2D eigenvalue weighted by atomic mass is 19.1. The van der Waals surface area contributed by atoms with E-state index in [1.807, 2.05) is 0 Å². The van der Waals surface area contributed by atoms with Gasteiger partial charge in [0.05, 0.1) is 6.54 Å². The highest BCUT2D eigenvalue weighted by Gasteiger charge is 1.93. The van der Waals surface area contributed by atoms with Gasteiger partial charge in [-0.15, -0.1) is 0 Å². The van der Waals surface area contributed by atoms with Crippen LogP contribution in [0.2, 0.25) is 0 Å². The van der Waals surface area contributed by atoms with Crippen LogP contribution in [0.25, 0.3) is 0 Å². The molecule has 0 atom stereocenters. The number of aryl methyl sites for hydroxylation is 1. The van der Waals surface area contributed by atoms with Gasteiger partial charge in [-0.2, -0.15) is 0 Å². The summed E-state index contributed by atoms with van der Waals surface area (Å²) < 4.78 is 12.5. The summed E-state index contributed by atoms with van der Waals surface area (Å²) in [6.45, 7) is 0.487. The second-order valence-corrected chi connectivity index (χ2v) is 2.70. The van der Waals surface area contributed by atoms with Crippen LogP contribution in [0.1, 0.15) is 12.0 Å². The van der Waals surface area contributed by atoms with E-state index in [0.29, 0.717) is 6.54 Å². The molecule has 0 aliphatic heterocycles. The zero-order valence-electron chi connectivity index (χ0n) is 7.16. The quantitative estimate of drug-likeness (QED) is 0.395. The molecule has 0 amide bonds. The largest absolute Gasteiger partial charge is 0.234 e. The summed E-state index contributed by atoms with van der Waals surface area (Å²) >= 11 is 0. The first-order valence-corrected chi connectivity index (χ1v) is 4.11. The molecule has 0 heterocycles. The van der Waals surface area contributed by atoms with Crippen molar-refractivity contribution in [3.63, 3.8) is 0 Å². The first-order valence-electron chi connectivity index (χ1n) is 4.11. The van der Waals surface area contributed by atoms with E-state index in [4.69, 9.17) is 0 Å². The third-order valence-corrected chi connectivity index (χ3v) is 1.71. The molecule has 0 spiro atoms. The van der Waals surface area contributed by atoms with Crippen LogP contribution in [-0.4, -0.2) is 12.6 Å². The van der Waals surface area contributed by atoms with Crippen LogP contribution < -0.4 is 0 Å². The van der Waals surface area contributed by atoms with Gasteiger partial charge < -0.3 is 0 Å². The maximum atomic E-state index is 12.5. The predicted octanol–water partition coefficient (Wildman–Crippen LogP) is 2.09. The highest BCUT2D eigenvalue weighted by molar-refractivity contribution is 5.32. The molecule has 2 nitrogen and oxygen atoms in total. The molecule has 1 aromatic rings. The van der Waals surface area contributed by atoms with Crippen molar-refractivity contribution in [2.45, 2.75) is 12.8 Å². The highest BCUT2D eigenvalue weighted by Crippen LogP contribution is 2.05. The molecule has 0 aromatic heterocycles. The fourth-order valence-electron chi connectivity index (χ4n) is 1.06. The lowest BCUT2D eigenvalue weighted by Gasteiger charge is -1.97. The number of carbonyl (C=O) groups excluding carboxylic acids is 1. The van der Waals surface area contributed by atoms with E-state index in [2.05, 4.69) is 4.99 Å². The van der Waals surface area contributed by atoms with Gasteiger partial charge in [0, 0.05) is 0 Å². The number of hydrogen-bond acceptors (Lipinski definition) is 2. The van der Waals surface area contributed by atoms with Crippen LogP contribution in [0.15, 0.2) is 29.3 Å². The second kappa shape index (κ2) is 5.22. The first-order chi connectivity index (χ1) is 6.33. The molecule has 1 aromatic carbocycles. The van der Waals surface area contributed by atoms with Gasteiger partial charge >= 0.3 is 0 Å². The lowest BCUT2D eigenvalue weighted by molar-refractivity contribution is 0.562. The molecule has 0 saturated carbocycles. The van der Waals surface area contributed by atoms with Crippen LogP contribution >= 0.6 is 0 Å². The Morgan fingerprint density at radius 2 is 2.00 bits per heavy atom. The molecule has 0 radical (unpaired) electrons. The number of aliphatic imine (C=N–C) groups is 1. The molecule has 0 saturated heterocycles. The van der Waals surface area contributed by atoms with E-state index < -0.39 is 0 Å². The molecule has 0 aliphatic rings. The van der Waals surface area contributed by atoms with Crippen LogP contribution in [-0.2, 0) is 11.2 Å². The molecule has 0 unspecified atom stereocenters. The fourth-order valence-corrected chi connectivity index (χ4v) is 1.06. The molecule has 1 rings (SSSR count). The van der Waals surface area contributed by atoms with E-state index in [0.717, 1.165) is 18.4 Å². The van der Waals surface area contributed by atoms with Crippen LogP contribution in [0.3, 0.4) is 0 Å². The summed E-state index contributed by atoms with van der Waals surface area (Å²) in [5, 5.41) is 0. The van der Waals surface area contributed by atoms with Crippen LogP contribution in [0.4, 0.5) is 4.39 Å². The Kier molecular flexibility index (Phi) is 3.86. The smallest absolute Gasteiger partial charge is 0.211 e. The zero-order chi connectivity index (χ0) is 9.52. The van der Waals surface area contributed by atoms with E-state index >= 15 is 0 Å². The number of hydrogen-bond donors (Lipinski definition) is 0. The number of halogens is 1. The minimum Gasteiger partial charge on any atom is -0.211 e. The summed E-state index contributed by atoms with van der Waals surface area (Å²) in [7, 11) is 0. The molecule has 68 valence electrons. The first kappa shape index (κ1) is 9.62. The molecule has 3 heteroatoms. The molecular weight excluding hydrogens is 169 g/mol. The van der Waals surface area contributed by atoms with Crippen LogP contribution in [0.5, 0.6) is 0 Å². The van der Waals surface area contributed by atoms with E-state index in [-0.39, 0.29) is 5.82 Å². The lowest BCUT2D eigenvalue weighted by Crippen LogP contribution is -1.88. The molecule has 0 N–H and O–H groups in total. The SMILES string of the molecule is O=C=NCCCc1ccc(F)cc1. The summed E-state index contributed by atoms with van der Waals surface area (Å²) in [5.41, 5.74) is 1.06. The zero-order valence-corrected chi connectivity index (χ0v) is 7.16. The van der Waals surface area contributed by atoms with Crippen molar-refractivity contribution in [2.75, 3.05) is 6.54 Å². The Balaban J connectivity index is 2.37. The molecule has 0 fully saturated rings. The van der Waals surface area contributed by atoms with E-state index in [1.165, 1.54) is 18.2 Å². The van der Waals surface area contributed by atoms with Crippen molar-refractivity contribution in [3.05, 3.63) is 35.6 Å². The summed E-state index contributed by atoms with van der Waals surface area (Å²) in [6.07, 6.45) is 3.08. The normalized spacial score (nSPS) is 9.31. The third kappa shape index (κ3) is 3.63. The number of benzene rings is 1. The van der Waals surface area contributed by atoms with Gasteiger partial charge in [0.1, 0.15) is 5.82 Å². The number of rotatable bonds is 4. The van der Waals surface area contributed by atoms with Crippen molar-refractivity contribution in [1.29, 1.82) is 0 Å². The Bertz CT molecular complexity index is 301. The van der Waals surface area contributed by atoms with Gasteiger partial charge in [0.2, 0.25) is 6.08 Å². The van der Waals surface area contributed by atoms with Crippen molar-refractivity contribution < 1.29 is 9.18 Å². The average molecular weight is 179 g/mol. The van der Waals surface area contributed by atoms with Gasteiger partial charge in [-0.25, -0.2) is 14.2 Å². The topological polar surface area (TPSA) is 29.4 Å². The van der Waals surface area contributed by atoms with Gasteiger partial charge in [-0.1, -0.05) is 12.1 Å². The maximum absolute atomic E-state index is 12.5. The Labute approximate surface area is 76.1 Å². The standard InChI is InChI=1S/C10H10FNO/c11-10-5-3-9(4-6-10)2-1-7-12-8-13/h3-6H,1-2,7H2. The van der Waals surface area contributed by atoms with E-state index in [9.17, 15) is 9.18 Å².